The molecule has 0 saturated heterocycles. The first kappa shape index (κ1) is 11.3. The van der Waals surface area contributed by atoms with E-state index in [4.69, 9.17) is 10.5 Å². The molecule has 1 N–H and O–H groups in total. The lowest BCUT2D eigenvalue weighted by atomic mass is 10.1. The zero-order valence-corrected chi connectivity index (χ0v) is 10.2. The van der Waals surface area contributed by atoms with Crippen LogP contribution in [-0.2, 0) is 6.61 Å². The Morgan fingerprint density at radius 3 is 2.28 bits per heavy atom. The lowest BCUT2D eigenvalue weighted by molar-refractivity contribution is 0.306. The molecule has 0 bridgehead atoms. The molecule has 1 saturated carbocycles. The van der Waals surface area contributed by atoms with Crippen molar-refractivity contribution in [3.05, 3.63) is 65.7 Å². The van der Waals surface area contributed by atoms with Crippen LogP contribution in [0.15, 0.2) is 54.6 Å². The highest BCUT2D eigenvalue weighted by Crippen LogP contribution is 2.40. The first-order valence-electron chi connectivity index (χ1n) is 6.31. The molecule has 0 aliphatic heterocycles. The molecule has 0 heterocycles. The van der Waals surface area contributed by atoms with Crippen LogP contribution < -0.4 is 10.5 Å². The van der Waals surface area contributed by atoms with E-state index in [0.29, 0.717) is 12.5 Å². The minimum absolute atomic E-state index is 0.112. The van der Waals surface area contributed by atoms with Gasteiger partial charge in [-0.25, -0.2) is 0 Å². The third-order valence-corrected chi connectivity index (χ3v) is 3.35. The van der Waals surface area contributed by atoms with Gasteiger partial charge >= 0.3 is 0 Å². The highest BCUT2D eigenvalue weighted by Gasteiger charge is 2.35. The summed E-state index contributed by atoms with van der Waals surface area (Å²) in [6, 6.07) is 18.4. The van der Waals surface area contributed by atoms with Crippen molar-refractivity contribution in [2.75, 3.05) is 0 Å². The summed E-state index contributed by atoms with van der Waals surface area (Å²) in [4.78, 5) is 0. The lowest BCUT2D eigenvalue weighted by Crippen LogP contribution is -1.95. The lowest BCUT2D eigenvalue weighted by Gasteiger charge is -2.07. The Morgan fingerprint density at radius 1 is 1.00 bits per heavy atom. The van der Waals surface area contributed by atoms with Gasteiger partial charge in [-0.05, 0) is 29.7 Å². The molecule has 1 aliphatic rings. The maximum atomic E-state index is 7.60. The van der Waals surface area contributed by atoms with E-state index in [1.165, 1.54) is 11.1 Å². The first-order chi connectivity index (χ1) is 8.83. The van der Waals surface area contributed by atoms with E-state index in [1.54, 1.807) is 0 Å². The molecule has 0 spiro atoms. The van der Waals surface area contributed by atoms with Crippen LogP contribution in [0.1, 0.15) is 23.5 Å². The molecule has 2 aromatic carbocycles. The van der Waals surface area contributed by atoms with Crippen molar-refractivity contribution in [2.24, 2.45) is 0 Å². The topological polar surface area (TPSA) is 33.0 Å². The van der Waals surface area contributed by atoms with Gasteiger partial charge in [-0.2, -0.15) is 0 Å². The summed E-state index contributed by atoms with van der Waals surface area (Å²) in [7, 11) is 0. The van der Waals surface area contributed by atoms with Crippen LogP contribution in [0.25, 0.3) is 0 Å². The second-order valence-corrected chi connectivity index (χ2v) is 4.79. The van der Waals surface area contributed by atoms with Gasteiger partial charge < -0.3 is 4.74 Å². The van der Waals surface area contributed by atoms with Gasteiger partial charge in [0.2, 0.25) is 0 Å². The fraction of sp³-hybridized carbons (Fsp3) is 0.250. The summed E-state index contributed by atoms with van der Waals surface area (Å²) in [5, 5.41) is 0. The molecule has 18 heavy (non-hydrogen) atoms. The Hall–Kier alpha value is -1.80. The quantitative estimate of drug-likeness (QED) is 0.803. The predicted molar refractivity (Wildman–Crippen MR) is 71.5 cm³/mol. The molecule has 2 nitrogen and oxygen atoms in total. The molecule has 1 aliphatic carbocycles. The molecular weight excluding hydrogens is 222 g/mol. The Morgan fingerprint density at radius 2 is 1.67 bits per heavy atom. The van der Waals surface area contributed by atoms with E-state index in [1.807, 2.05) is 30.3 Å². The Kier molecular flexibility index (Phi) is 3.03. The monoisotopic (exact) mass is 238 g/mol. The molecule has 2 atom stereocenters. The summed E-state index contributed by atoms with van der Waals surface area (Å²) in [6.07, 6.45) is 1.00. The van der Waals surface area contributed by atoms with E-state index in [9.17, 15) is 0 Å². The molecule has 91 valence electrons. The van der Waals surface area contributed by atoms with Crippen molar-refractivity contribution in [3.63, 3.8) is 0 Å². The second-order valence-electron chi connectivity index (χ2n) is 4.79. The maximum absolute atomic E-state index is 7.60. The summed E-state index contributed by atoms with van der Waals surface area (Å²) < 4.78 is 5.73. The molecule has 0 aromatic heterocycles. The zero-order valence-electron chi connectivity index (χ0n) is 10.2. The molecule has 2 unspecified atom stereocenters. The van der Waals surface area contributed by atoms with Gasteiger partial charge in [0.05, 0.1) is 0 Å². The van der Waals surface area contributed by atoms with E-state index < -0.39 is 0 Å². The van der Waals surface area contributed by atoms with Crippen LogP contribution in [-0.4, -0.2) is 6.04 Å². The minimum Gasteiger partial charge on any atom is -0.489 e. The molecular formula is C16H16NO. The van der Waals surface area contributed by atoms with Crippen molar-refractivity contribution in [1.29, 1.82) is 0 Å². The van der Waals surface area contributed by atoms with Crippen molar-refractivity contribution >= 4 is 0 Å². The largest absolute Gasteiger partial charge is 0.489 e. The summed E-state index contributed by atoms with van der Waals surface area (Å²) >= 11 is 0. The molecule has 3 rings (SSSR count). The van der Waals surface area contributed by atoms with Gasteiger partial charge in [0.25, 0.3) is 0 Å². The molecule has 1 radical (unpaired) electrons. The Balaban J connectivity index is 1.60. The van der Waals surface area contributed by atoms with E-state index in [0.717, 1.165) is 12.2 Å². The van der Waals surface area contributed by atoms with Crippen molar-refractivity contribution < 1.29 is 4.74 Å². The number of benzene rings is 2. The van der Waals surface area contributed by atoms with Crippen molar-refractivity contribution in [2.45, 2.75) is 25.0 Å². The molecule has 2 heteroatoms. The SMILES string of the molecule is [NH]C1CC1c1ccc(OCc2ccccc2)cc1. The normalized spacial score (nSPS) is 21.6. The van der Waals surface area contributed by atoms with E-state index in [-0.39, 0.29) is 6.04 Å². The molecule has 0 amide bonds. The van der Waals surface area contributed by atoms with Crippen molar-refractivity contribution in [1.82, 2.24) is 5.73 Å². The van der Waals surface area contributed by atoms with Crippen LogP contribution >= 0.6 is 0 Å². The molecule has 2 aromatic rings. The summed E-state index contributed by atoms with van der Waals surface area (Å²) in [5.74, 6) is 1.35. The number of rotatable bonds is 4. The summed E-state index contributed by atoms with van der Waals surface area (Å²) in [6.45, 7) is 0.602. The fourth-order valence-electron chi connectivity index (χ4n) is 2.12. The van der Waals surface area contributed by atoms with Crippen LogP contribution in [0.5, 0.6) is 5.75 Å². The van der Waals surface area contributed by atoms with Crippen LogP contribution in [0.4, 0.5) is 0 Å². The predicted octanol–water partition coefficient (Wildman–Crippen LogP) is 3.40. The van der Waals surface area contributed by atoms with Gasteiger partial charge in [-0.15, -0.1) is 0 Å². The van der Waals surface area contributed by atoms with Gasteiger partial charge in [0.15, 0.2) is 0 Å². The van der Waals surface area contributed by atoms with E-state index in [2.05, 4.69) is 24.3 Å². The second kappa shape index (κ2) is 4.83. The smallest absolute Gasteiger partial charge is 0.119 e. The van der Waals surface area contributed by atoms with Crippen molar-refractivity contribution in [3.8, 4) is 5.75 Å². The average molecular weight is 238 g/mol. The minimum atomic E-state index is 0.112. The number of hydrogen-bond acceptors (Lipinski definition) is 1. The Labute approximate surface area is 107 Å². The van der Waals surface area contributed by atoms with Gasteiger partial charge in [0.1, 0.15) is 12.4 Å². The van der Waals surface area contributed by atoms with Crippen LogP contribution in [0.2, 0.25) is 0 Å². The maximum Gasteiger partial charge on any atom is 0.119 e. The molecule has 1 fully saturated rings. The van der Waals surface area contributed by atoms with Gasteiger partial charge in [0, 0.05) is 12.0 Å². The third-order valence-electron chi connectivity index (χ3n) is 3.35. The standard InChI is InChI=1S/C16H16NO/c17-16-10-15(16)13-6-8-14(9-7-13)18-11-12-4-2-1-3-5-12/h1-9,15-17H,10-11H2. The van der Waals surface area contributed by atoms with Crippen LogP contribution in [0, 0.1) is 0 Å². The van der Waals surface area contributed by atoms with E-state index >= 15 is 0 Å². The Bertz CT molecular complexity index is 506. The highest BCUT2D eigenvalue weighted by molar-refractivity contribution is 5.33. The van der Waals surface area contributed by atoms with Crippen LogP contribution in [0.3, 0.4) is 0 Å². The first-order valence-corrected chi connectivity index (χ1v) is 6.31. The van der Waals surface area contributed by atoms with Gasteiger partial charge in [-0.1, -0.05) is 42.5 Å². The summed E-state index contributed by atoms with van der Waals surface area (Å²) in [5.41, 5.74) is 10.0. The third kappa shape index (κ3) is 2.54. The highest BCUT2D eigenvalue weighted by atomic mass is 16.5. The zero-order chi connectivity index (χ0) is 12.4. The number of hydrogen-bond donors (Lipinski definition) is 0. The number of nitrogens with one attached hydrogen (secondary N) is 1. The van der Waals surface area contributed by atoms with Gasteiger partial charge in [-0.3, -0.25) is 5.73 Å². The fourth-order valence-corrected chi connectivity index (χ4v) is 2.12. The average Bonchev–Trinajstić information content (AvgIpc) is 3.15. The number of ether oxygens (including phenoxy) is 1.